The van der Waals surface area contributed by atoms with Gasteiger partial charge in [0, 0.05) is 0 Å². The molecule has 0 aromatic carbocycles. The van der Waals surface area contributed by atoms with Gasteiger partial charge in [-0.1, -0.05) is 0 Å². The number of hydrogen-bond acceptors (Lipinski definition) is 9. The van der Waals surface area contributed by atoms with Crippen LogP contribution in [0.4, 0.5) is 0 Å². The zero-order chi connectivity index (χ0) is 21.0. The van der Waals surface area contributed by atoms with Crippen molar-refractivity contribution in [2.24, 2.45) is 0 Å². The highest BCUT2D eigenvalue weighted by molar-refractivity contribution is 7.66. The second-order valence-corrected chi connectivity index (χ2v) is 11.3. The Kier molecular flexibility index (Phi) is 6.24. The van der Waals surface area contributed by atoms with Gasteiger partial charge in [0.05, 0.1) is 12.2 Å². The smallest absolute Gasteiger partial charge is 0.384 e. The van der Waals surface area contributed by atoms with Crippen molar-refractivity contribution in [2.75, 3.05) is 6.61 Å². The Morgan fingerprint density at radius 2 is 1.27 bits per heavy atom. The van der Waals surface area contributed by atoms with Crippen LogP contribution in [-0.2, 0) is 31.6 Å². The summed E-state index contributed by atoms with van der Waals surface area (Å²) in [5, 5.41) is 21.2. The molecule has 1 aliphatic rings. The van der Waals surface area contributed by atoms with E-state index in [1.807, 2.05) is 0 Å². The molecule has 1 saturated heterocycles. The molecule has 0 aliphatic carbocycles. The topological polar surface area (TPSA) is 210 Å². The van der Waals surface area contributed by atoms with Gasteiger partial charge in [-0.05, 0) is 34.6 Å². The second kappa shape index (κ2) is 6.67. The normalized spacial score (nSPS) is 39.3. The van der Waals surface area contributed by atoms with E-state index >= 15 is 0 Å². The maximum absolute atomic E-state index is 11.8. The standard InChI is InChI=1S/C10H23O13P3/c1-7(2)9(4,11)10(5,12)8(3,21-7)6-20-25(16,17)23-26(18,19)22-24(13,14)15/h11-12H,6H2,1-5H3,(H,16,17)(H,18,19)(H2,13,14,15)/t8-,9-,10?/m1/s1. The van der Waals surface area contributed by atoms with Gasteiger partial charge in [0.1, 0.15) is 16.8 Å². The maximum Gasteiger partial charge on any atom is 0.490 e. The Balaban J connectivity index is 2.96. The molecule has 0 spiro atoms. The first-order valence-electron chi connectivity index (χ1n) is 7.01. The molecule has 0 bridgehead atoms. The Morgan fingerprint density at radius 3 is 1.62 bits per heavy atom. The third-order valence-corrected chi connectivity index (χ3v) is 8.33. The van der Waals surface area contributed by atoms with E-state index < -0.39 is 52.5 Å². The molecule has 13 nitrogen and oxygen atoms in total. The highest BCUT2D eigenvalue weighted by Crippen LogP contribution is 2.66. The zero-order valence-corrected chi connectivity index (χ0v) is 17.3. The first-order chi connectivity index (χ1) is 11.1. The number of hydrogen-bond donors (Lipinski definition) is 6. The van der Waals surface area contributed by atoms with Crippen molar-refractivity contribution < 1.29 is 61.4 Å². The molecule has 0 aromatic rings. The van der Waals surface area contributed by atoms with E-state index in [4.69, 9.17) is 19.4 Å². The zero-order valence-electron chi connectivity index (χ0n) is 14.6. The summed E-state index contributed by atoms with van der Waals surface area (Å²) in [6.07, 6.45) is 0. The van der Waals surface area contributed by atoms with Crippen LogP contribution in [0, 0.1) is 0 Å². The number of phosphoric acid groups is 3. The van der Waals surface area contributed by atoms with Crippen LogP contribution in [0.25, 0.3) is 0 Å². The SMILES string of the molecule is CC1(C)O[C@](C)(COP(=O)(O)OP(=O)(O)OP(=O)(O)O)C(C)(O)[C@]1(C)O. The van der Waals surface area contributed by atoms with Crippen LogP contribution in [0.5, 0.6) is 0 Å². The highest BCUT2D eigenvalue weighted by Gasteiger charge is 2.70. The van der Waals surface area contributed by atoms with Gasteiger partial charge in [-0.15, -0.1) is 0 Å². The van der Waals surface area contributed by atoms with Gasteiger partial charge in [0.2, 0.25) is 0 Å². The molecule has 0 amide bonds. The lowest BCUT2D eigenvalue weighted by atomic mass is 9.71. The Hall–Kier alpha value is 0.290. The molecule has 3 unspecified atom stereocenters. The predicted molar refractivity (Wildman–Crippen MR) is 84.6 cm³/mol. The van der Waals surface area contributed by atoms with Crippen LogP contribution in [0.3, 0.4) is 0 Å². The lowest BCUT2D eigenvalue weighted by Crippen LogP contribution is -2.62. The molecule has 16 heteroatoms. The van der Waals surface area contributed by atoms with Crippen LogP contribution < -0.4 is 0 Å². The largest absolute Gasteiger partial charge is 0.490 e. The van der Waals surface area contributed by atoms with Crippen LogP contribution in [0.2, 0.25) is 0 Å². The Labute approximate surface area is 149 Å². The van der Waals surface area contributed by atoms with Crippen molar-refractivity contribution in [2.45, 2.75) is 57.0 Å². The lowest BCUT2D eigenvalue weighted by molar-refractivity contribution is -0.160. The van der Waals surface area contributed by atoms with Gasteiger partial charge >= 0.3 is 23.5 Å². The van der Waals surface area contributed by atoms with E-state index in [0.29, 0.717) is 0 Å². The van der Waals surface area contributed by atoms with Gasteiger partial charge in [-0.3, -0.25) is 4.52 Å². The Morgan fingerprint density at radius 1 is 0.808 bits per heavy atom. The highest BCUT2D eigenvalue weighted by atomic mass is 31.3. The first-order valence-corrected chi connectivity index (χ1v) is 11.5. The first kappa shape index (κ1) is 24.3. The van der Waals surface area contributed by atoms with Crippen molar-refractivity contribution in [1.29, 1.82) is 0 Å². The predicted octanol–water partition coefficient (Wildman–Crippen LogP) is 0.399. The number of phosphoric ester groups is 1. The third kappa shape index (κ3) is 4.82. The molecular weight excluding hydrogens is 421 g/mol. The van der Waals surface area contributed by atoms with Gasteiger partial charge < -0.3 is 34.5 Å². The van der Waals surface area contributed by atoms with E-state index in [1.165, 1.54) is 34.6 Å². The van der Waals surface area contributed by atoms with Gasteiger partial charge in [0.15, 0.2) is 0 Å². The van der Waals surface area contributed by atoms with Gasteiger partial charge in [-0.2, -0.15) is 8.62 Å². The monoisotopic (exact) mass is 444 g/mol. The van der Waals surface area contributed by atoms with Gasteiger partial charge in [-0.25, -0.2) is 13.7 Å². The molecule has 0 saturated carbocycles. The molecule has 0 radical (unpaired) electrons. The molecular formula is C10H23O13P3. The number of ether oxygens (including phenoxy) is 1. The quantitative estimate of drug-likeness (QED) is 0.294. The van der Waals surface area contributed by atoms with Crippen LogP contribution in [0.1, 0.15) is 34.6 Å². The molecule has 5 atom stereocenters. The van der Waals surface area contributed by atoms with E-state index in [-0.39, 0.29) is 0 Å². The molecule has 6 N–H and O–H groups in total. The molecule has 1 heterocycles. The fourth-order valence-corrected chi connectivity index (χ4v) is 5.65. The summed E-state index contributed by atoms with van der Waals surface area (Å²) in [6, 6.07) is 0. The fourth-order valence-electron chi connectivity index (χ4n) is 2.54. The summed E-state index contributed by atoms with van der Waals surface area (Å²) in [7, 11) is -16.6. The minimum Gasteiger partial charge on any atom is -0.384 e. The maximum atomic E-state index is 11.8. The molecule has 1 aliphatic heterocycles. The van der Waals surface area contributed by atoms with Crippen molar-refractivity contribution in [3.63, 3.8) is 0 Å². The summed E-state index contributed by atoms with van der Waals surface area (Å²) in [5.74, 6) is 0. The Bertz CT molecular complexity index is 694. The number of aliphatic hydroxyl groups is 2. The van der Waals surface area contributed by atoms with E-state index in [1.54, 1.807) is 0 Å². The van der Waals surface area contributed by atoms with E-state index in [0.717, 1.165) is 0 Å². The molecule has 0 aromatic heterocycles. The summed E-state index contributed by atoms with van der Waals surface area (Å²) >= 11 is 0. The number of rotatable bonds is 7. The van der Waals surface area contributed by atoms with Gasteiger partial charge in [0.25, 0.3) is 0 Å². The lowest BCUT2D eigenvalue weighted by Gasteiger charge is -2.41. The van der Waals surface area contributed by atoms with E-state index in [2.05, 4.69) is 13.1 Å². The van der Waals surface area contributed by atoms with E-state index in [9.17, 15) is 28.8 Å². The molecule has 1 rings (SSSR count). The average Bonchev–Trinajstić information content (AvgIpc) is 2.39. The van der Waals surface area contributed by atoms with Crippen molar-refractivity contribution in [3.8, 4) is 0 Å². The van der Waals surface area contributed by atoms with Crippen molar-refractivity contribution >= 4 is 23.5 Å². The molecule has 26 heavy (non-hydrogen) atoms. The average molecular weight is 444 g/mol. The van der Waals surface area contributed by atoms with Crippen LogP contribution in [-0.4, -0.2) is 58.8 Å². The van der Waals surface area contributed by atoms with Crippen LogP contribution in [0.15, 0.2) is 0 Å². The van der Waals surface area contributed by atoms with Crippen molar-refractivity contribution in [1.82, 2.24) is 0 Å². The minimum atomic E-state index is -5.66. The van der Waals surface area contributed by atoms with Crippen LogP contribution >= 0.6 is 23.5 Å². The molecule has 156 valence electrons. The van der Waals surface area contributed by atoms with Crippen molar-refractivity contribution in [3.05, 3.63) is 0 Å². The third-order valence-electron chi connectivity index (χ3n) is 4.55. The fraction of sp³-hybridized carbons (Fsp3) is 1.00. The summed E-state index contributed by atoms with van der Waals surface area (Å²) in [5.41, 5.74) is -6.92. The summed E-state index contributed by atoms with van der Waals surface area (Å²) < 4.78 is 50.9. The molecule has 1 fully saturated rings. The second-order valence-electron chi connectivity index (χ2n) is 6.85. The summed E-state index contributed by atoms with van der Waals surface area (Å²) in [4.78, 5) is 35.5. The minimum absolute atomic E-state index is 0.900. The summed E-state index contributed by atoms with van der Waals surface area (Å²) in [6.45, 7) is 5.74.